The first-order valence-corrected chi connectivity index (χ1v) is 9.56. The van der Waals surface area contributed by atoms with Crippen molar-refractivity contribution in [3.63, 3.8) is 0 Å². The van der Waals surface area contributed by atoms with E-state index in [0.717, 1.165) is 11.3 Å². The minimum atomic E-state index is -0.505. The molecular formula is C20H29N3O5. The van der Waals surface area contributed by atoms with Gasteiger partial charge in [-0.05, 0) is 38.5 Å². The van der Waals surface area contributed by atoms with E-state index in [2.05, 4.69) is 4.90 Å². The number of esters is 1. The van der Waals surface area contributed by atoms with Crippen LogP contribution in [0.1, 0.15) is 26.3 Å². The molecule has 2 fully saturated rings. The number of hydrogen-bond donors (Lipinski definition) is 1. The summed E-state index contributed by atoms with van der Waals surface area (Å²) in [5.74, 6) is -0.355. The summed E-state index contributed by atoms with van der Waals surface area (Å²) in [6, 6.07) is 7.60. The zero-order valence-electron chi connectivity index (χ0n) is 16.7. The monoisotopic (exact) mass is 391 g/mol. The summed E-state index contributed by atoms with van der Waals surface area (Å²) in [5, 5.41) is 0. The summed E-state index contributed by atoms with van der Waals surface area (Å²) in [5.41, 5.74) is 6.93. The molecule has 2 aliphatic heterocycles. The van der Waals surface area contributed by atoms with E-state index in [1.54, 1.807) is 4.90 Å². The van der Waals surface area contributed by atoms with Crippen molar-refractivity contribution in [3.05, 3.63) is 29.8 Å². The van der Waals surface area contributed by atoms with Gasteiger partial charge in [0.1, 0.15) is 18.3 Å². The highest BCUT2D eigenvalue weighted by Gasteiger charge is 2.37. The molecule has 0 saturated carbocycles. The summed E-state index contributed by atoms with van der Waals surface area (Å²) < 4.78 is 16.3. The van der Waals surface area contributed by atoms with Crippen LogP contribution in [0.4, 0.5) is 10.5 Å². The van der Waals surface area contributed by atoms with E-state index >= 15 is 0 Å². The maximum atomic E-state index is 12.2. The van der Waals surface area contributed by atoms with E-state index in [4.69, 9.17) is 19.9 Å². The Morgan fingerprint density at radius 1 is 1.21 bits per heavy atom. The molecular weight excluding hydrogens is 362 g/mol. The largest absolute Gasteiger partial charge is 0.458 e. The first kappa shape index (κ1) is 20.6. The number of benzene rings is 1. The Hall–Kier alpha value is -2.16. The highest BCUT2D eigenvalue weighted by molar-refractivity contribution is 5.89. The van der Waals surface area contributed by atoms with E-state index in [0.29, 0.717) is 32.7 Å². The molecule has 1 aromatic rings. The molecule has 154 valence electrons. The quantitative estimate of drug-likeness (QED) is 0.704. The van der Waals surface area contributed by atoms with Crippen LogP contribution >= 0.6 is 0 Å². The van der Waals surface area contributed by atoms with Crippen LogP contribution in [-0.2, 0) is 25.5 Å². The number of nitrogens with two attached hydrogens (primary N) is 1. The third kappa shape index (κ3) is 5.43. The number of hydrogen-bond acceptors (Lipinski definition) is 7. The van der Waals surface area contributed by atoms with Crippen molar-refractivity contribution in [2.45, 2.75) is 45.1 Å². The lowest BCUT2D eigenvalue weighted by atomic mass is 10.1. The smallest absolute Gasteiger partial charge is 0.414 e. The zero-order chi connectivity index (χ0) is 20.3. The SMILES string of the molecule is CC(C)(C)OC(=O)COC1CN(CC2CN(c3ccc(CN)cc3)C(=O)O2)C1. The molecule has 0 radical (unpaired) electrons. The van der Waals surface area contributed by atoms with Crippen LogP contribution in [0.2, 0.25) is 0 Å². The van der Waals surface area contributed by atoms with E-state index in [1.165, 1.54) is 0 Å². The standard InChI is InChI=1S/C20H29N3O5/c1-20(2,3)28-18(24)13-26-16-9-22(10-16)11-17-12-23(19(25)27-17)15-6-4-14(8-21)5-7-15/h4-7,16-17H,8-13,21H2,1-3H3. The molecule has 2 heterocycles. The molecule has 8 heteroatoms. The Morgan fingerprint density at radius 3 is 2.50 bits per heavy atom. The van der Waals surface area contributed by atoms with Gasteiger partial charge in [0, 0.05) is 31.9 Å². The maximum Gasteiger partial charge on any atom is 0.414 e. The molecule has 0 aromatic heterocycles. The Bertz CT molecular complexity index is 695. The van der Waals surface area contributed by atoms with Crippen LogP contribution in [-0.4, -0.2) is 67.6 Å². The van der Waals surface area contributed by atoms with Crippen molar-refractivity contribution in [3.8, 4) is 0 Å². The second-order valence-corrected chi connectivity index (χ2v) is 8.22. The summed E-state index contributed by atoms with van der Waals surface area (Å²) in [6.45, 7) is 8.50. The fraction of sp³-hybridized carbons (Fsp3) is 0.600. The molecule has 2 N–H and O–H groups in total. The van der Waals surface area contributed by atoms with Crippen LogP contribution in [0, 0.1) is 0 Å². The lowest BCUT2D eigenvalue weighted by Gasteiger charge is -2.39. The molecule has 1 amide bonds. The number of ether oxygens (including phenoxy) is 3. The van der Waals surface area contributed by atoms with Crippen molar-refractivity contribution in [2.75, 3.05) is 37.7 Å². The van der Waals surface area contributed by atoms with Gasteiger partial charge in [0.25, 0.3) is 0 Å². The minimum Gasteiger partial charge on any atom is -0.458 e. The topological polar surface area (TPSA) is 94.3 Å². The Morgan fingerprint density at radius 2 is 1.89 bits per heavy atom. The average Bonchev–Trinajstić information content (AvgIpc) is 2.95. The van der Waals surface area contributed by atoms with Crippen LogP contribution in [0.3, 0.4) is 0 Å². The lowest BCUT2D eigenvalue weighted by molar-refractivity contribution is -0.166. The number of carbonyl (C=O) groups is 2. The van der Waals surface area contributed by atoms with Crippen LogP contribution in [0.25, 0.3) is 0 Å². The highest BCUT2D eigenvalue weighted by atomic mass is 16.6. The molecule has 2 aliphatic rings. The fourth-order valence-electron chi connectivity index (χ4n) is 3.26. The van der Waals surface area contributed by atoms with Crippen LogP contribution in [0.5, 0.6) is 0 Å². The van der Waals surface area contributed by atoms with Gasteiger partial charge in [-0.25, -0.2) is 9.59 Å². The van der Waals surface area contributed by atoms with E-state index in [1.807, 2.05) is 45.0 Å². The van der Waals surface area contributed by atoms with Crippen molar-refractivity contribution < 1.29 is 23.8 Å². The average molecular weight is 391 g/mol. The van der Waals surface area contributed by atoms with Gasteiger partial charge < -0.3 is 19.9 Å². The number of cyclic esters (lactones) is 1. The van der Waals surface area contributed by atoms with Gasteiger partial charge >= 0.3 is 12.1 Å². The fourth-order valence-corrected chi connectivity index (χ4v) is 3.26. The summed E-state index contributed by atoms with van der Waals surface area (Å²) in [6.07, 6.45) is -0.512. The van der Waals surface area contributed by atoms with Crippen LogP contribution < -0.4 is 10.6 Å². The number of anilines is 1. The molecule has 1 atom stereocenters. The first-order valence-electron chi connectivity index (χ1n) is 9.56. The van der Waals surface area contributed by atoms with Gasteiger partial charge in [-0.2, -0.15) is 0 Å². The van der Waals surface area contributed by atoms with E-state index < -0.39 is 5.60 Å². The summed E-state index contributed by atoms with van der Waals surface area (Å²) >= 11 is 0. The number of rotatable bonds is 7. The molecule has 1 aromatic carbocycles. The summed E-state index contributed by atoms with van der Waals surface area (Å²) in [7, 11) is 0. The molecule has 0 aliphatic carbocycles. The molecule has 28 heavy (non-hydrogen) atoms. The summed E-state index contributed by atoms with van der Waals surface area (Å²) in [4.78, 5) is 27.6. The molecule has 2 saturated heterocycles. The normalized spacial score (nSPS) is 20.8. The molecule has 0 bridgehead atoms. The Labute approximate surface area is 165 Å². The van der Waals surface area contributed by atoms with Crippen molar-refractivity contribution in [2.24, 2.45) is 5.73 Å². The molecule has 8 nitrogen and oxygen atoms in total. The second-order valence-electron chi connectivity index (χ2n) is 8.22. The minimum absolute atomic E-state index is 0.00420. The van der Waals surface area contributed by atoms with Gasteiger partial charge in [0.05, 0.1) is 12.6 Å². The maximum absolute atomic E-state index is 12.2. The predicted molar refractivity (Wildman–Crippen MR) is 104 cm³/mol. The Kier molecular flexibility index (Phi) is 6.22. The molecule has 0 spiro atoms. The van der Waals surface area contributed by atoms with Gasteiger partial charge in [0.15, 0.2) is 0 Å². The Balaban J connectivity index is 1.38. The number of nitrogens with zero attached hydrogens (tertiary/aromatic N) is 2. The number of amides is 1. The van der Waals surface area contributed by atoms with E-state index in [9.17, 15) is 9.59 Å². The predicted octanol–water partition coefficient (Wildman–Crippen LogP) is 1.51. The van der Waals surface area contributed by atoms with Crippen molar-refractivity contribution in [1.29, 1.82) is 0 Å². The number of likely N-dealkylation sites (tertiary alicyclic amines) is 1. The number of carbonyl (C=O) groups excluding carboxylic acids is 2. The third-order valence-electron chi connectivity index (χ3n) is 4.60. The van der Waals surface area contributed by atoms with E-state index in [-0.39, 0.29) is 30.9 Å². The van der Waals surface area contributed by atoms with Gasteiger partial charge in [-0.15, -0.1) is 0 Å². The molecule has 1 unspecified atom stereocenters. The van der Waals surface area contributed by atoms with Gasteiger partial charge in [-0.1, -0.05) is 12.1 Å². The highest BCUT2D eigenvalue weighted by Crippen LogP contribution is 2.24. The van der Waals surface area contributed by atoms with Crippen molar-refractivity contribution in [1.82, 2.24) is 4.90 Å². The van der Waals surface area contributed by atoms with Gasteiger partial charge in [-0.3, -0.25) is 9.80 Å². The third-order valence-corrected chi connectivity index (χ3v) is 4.60. The zero-order valence-corrected chi connectivity index (χ0v) is 16.7. The van der Waals surface area contributed by atoms with Gasteiger partial charge in [0.2, 0.25) is 0 Å². The lowest BCUT2D eigenvalue weighted by Crippen LogP contribution is -2.55. The first-order chi connectivity index (χ1) is 13.2. The second kappa shape index (κ2) is 8.46. The molecule has 3 rings (SSSR count). The van der Waals surface area contributed by atoms with Crippen LogP contribution in [0.15, 0.2) is 24.3 Å². The van der Waals surface area contributed by atoms with Crippen molar-refractivity contribution >= 4 is 17.7 Å².